The lowest BCUT2D eigenvalue weighted by atomic mass is 10.2. The topological polar surface area (TPSA) is 99.4 Å². The molecule has 0 aliphatic rings. The maximum Gasteiger partial charge on any atom is 0.354 e. The summed E-state index contributed by atoms with van der Waals surface area (Å²) in [7, 11) is 4.41. The molecule has 100 valence electrons. The second kappa shape index (κ2) is 4.92. The van der Waals surface area contributed by atoms with Gasteiger partial charge in [0.1, 0.15) is 0 Å². The molecule has 19 heavy (non-hydrogen) atoms. The zero-order valence-electron chi connectivity index (χ0n) is 10.6. The molecule has 2 heterocycles. The third-order valence-electron chi connectivity index (χ3n) is 2.49. The van der Waals surface area contributed by atoms with Crippen molar-refractivity contribution < 1.29 is 19.4 Å². The number of hydrogen-bond donors (Lipinski definition) is 1. The maximum absolute atomic E-state index is 11.2. The molecule has 0 aliphatic heterocycles. The van der Waals surface area contributed by atoms with Gasteiger partial charge in [-0.2, -0.15) is 15.1 Å². The highest BCUT2D eigenvalue weighted by Crippen LogP contribution is 2.26. The first kappa shape index (κ1) is 12.8. The van der Waals surface area contributed by atoms with Gasteiger partial charge in [-0.25, -0.2) is 4.79 Å². The van der Waals surface area contributed by atoms with Gasteiger partial charge in [0.25, 0.3) is 0 Å². The number of aromatic carboxylic acids is 1. The van der Waals surface area contributed by atoms with Crippen molar-refractivity contribution in [1.29, 1.82) is 0 Å². The van der Waals surface area contributed by atoms with Crippen LogP contribution in [0.1, 0.15) is 10.5 Å². The van der Waals surface area contributed by atoms with Gasteiger partial charge in [-0.15, -0.1) is 0 Å². The van der Waals surface area contributed by atoms with Crippen molar-refractivity contribution in [2.45, 2.75) is 0 Å². The smallest absolute Gasteiger partial charge is 0.354 e. The molecule has 0 fully saturated rings. The van der Waals surface area contributed by atoms with Crippen molar-refractivity contribution in [1.82, 2.24) is 19.7 Å². The summed E-state index contributed by atoms with van der Waals surface area (Å²) in [6.45, 7) is 0. The Bertz CT molecular complexity index is 601. The number of methoxy groups -OCH3 is 2. The van der Waals surface area contributed by atoms with Crippen LogP contribution in [0.2, 0.25) is 0 Å². The molecule has 8 nitrogen and oxygen atoms in total. The lowest BCUT2D eigenvalue weighted by molar-refractivity contribution is 0.0686. The highest BCUT2D eigenvalue weighted by molar-refractivity contribution is 5.93. The summed E-state index contributed by atoms with van der Waals surface area (Å²) in [6, 6.07) is 1.61. The van der Waals surface area contributed by atoms with Crippen molar-refractivity contribution in [3.63, 3.8) is 0 Å². The molecule has 0 saturated heterocycles. The van der Waals surface area contributed by atoms with E-state index in [9.17, 15) is 9.90 Å². The summed E-state index contributed by atoms with van der Waals surface area (Å²) >= 11 is 0. The Hall–Kier alpha value is -2.64. The lowest BCUT2D eigenvalue weighted by Crippen LogP contribution is -2.07. The quantitative estimate of drug-likeness (QED) is 0.862. The van der Waals surface area contributed by atoms with E-state index in [1.807, 2.05) is 0 Å². The molecule has 0 aliphatic carbocycles. The number of ether oxygens (including phenoxy) is 2. The third-order valence-corrected chi connectivity index (χ3v) is 2.49. The molecule has 1 N–H and O–H groups in total. The Morgan fingerprint density at radius 3 is 2.63 bits per heavy atom. The normalized spacial score (nSPS) is 10.3. The van der Waals surface area contributed by atoms with Gasteiger partial charge in [-0.3, -0.25) is 4.68 Å². The van der Waals surface area contributed by atoms with Crippen molar-refractivity contribution in [2.75, 3.05) is 14.2 Å². The Labute approximate surface area is 108 Å². The standard InChI is InChI=1S/C11H12N4O4/c1-15-9(10(16)17)6(5-12-15)7-4-8(18-2)14-11(13-7)19-3/h4-5H,1-3H3,(H,16,17). The van der Waals surface area contributed by atoms with Gasteiger partial charge in [0, 0.05) is 13.1 Å². The Kier molecular flexibility index (Phi) is 3.32. The number of aromatic nitrogens is 4. The number of nitrogens with zero attached hydrogens (tertiary/aromatic N) is 4. The van der Waals surface area contributed by atoms with Gasteiger partial charge in [0.2, 0.25) is 5.88 Å². The highest BCUT2D eigenvalue weighted by Gasteiger charge is 2.19. The minimum absolute atomic E-state index is 0.0304. The van der Waals surface area contributed by atoms with Gasteiger partial charge in [0.15, 0.2) is 5.69 Å². The van der Waals surface area contributed by atoms with Crippen LogP contribution < -0.4 is 9.47 Å². The van der Waals surface area contributed by atoms with Crippen LogP contribution in [0.5, 0.6) is 11.9 Å². The number of aryl methyl sites for hydroxylation is 1. The number of hydrogen-bond acceptors (Lipinski definition) is 6. The molecule has 0 aromatic carbocycles. The van der Waals surface area contributed by atoms with Crippen molar-refractivity contribution >= 4 is 5.97 Å². The zero-order valence-corrected chi connectivity index (χ0v) is 10.6. The molecule has 0 amide bonds. The molecule has 0 spiro atoms. The van der Waals surface area contributed by atoms with Crippen molar-refractivity contribution in [2.24, 2.45) is 7.05 Å². The first-order valence-electron chi connectivity index (χ1n) is 5.29. The van der Waals surface area contributed by atoms with Crippen LogP contribution in [0.25, 0.3) is 11.3 Å². The summed E-state index contributed by atoms with van der Waals surface area (Å²) in [5.41, 5.74) is 0.769. The highest BCUT2D eigenvalue weighted by atomic mass is 16.5. The fourth-order valence-electron chi connectivity index (χ4n) is 1.62. The fraction of sp³-hybridized carbons (Fsp3) is 0.273. The summed E-state index contributed by atoms with van der Waals surface area (Å²) in [6.07, 6.45) is 1.42. The van der Waals surface area contributed by atoms with E-state index in [1.54, 1.807) is 7.05 Å². The van der Waals surface area contributed by atoms with Crippen LogP contribution in [0, 0.1) is 0 Å². The van der Waals surface area contributed by atoms with E-state index < -0.39 is 5.97 Å². The first-order valence-corrected chi connectivity index (χ1v) is 5.29. The average Bonchev–Trinajstić information content (AvgIpc) is 2.80. The molecule has 8 heteroatoms. The van der Waals surface area contributed by atoms with Gasteiger partial charge in [0.05, 0.1) is 31.7 Å². The molecule has 2 aromatic heterocycles. The first-order chi connectivity index (χ1) is 9.06. The predicted molar refractivity (Wildman–Crippen MR) is 64.3 cm³/mol. The Morgan fingerprint density at radius 2 is 2.05 bits per heavy atom. The van der Waals surface area contributed by atoms with Crippen molar-refractivity contribution in [3.8, 4) is 23.1 Å². The SMILES string of the molecule is COc1cc(-c2cnn(C)c2C(=O)O)nc(OC)n1. The maximum atomic E-state index is 11.2. The van der Waals surface area contributed by atoms with Gasteiger partial charge in [-0.05, 0) is 0 Å². The Morgan fingerprint density at radius 1 is 1.32 bits per heavy atom. The minimum atomic E-state index is -1.09. The number of carboxylic acid groups (broad SMARTS) is 1. The second-order valence-electron chi connectivity index (χ2n) is 3.62. The van der Waals surface area contributed by atoms with E-state index in [1.165, 1.54) is 31.2 Å². The Balaban J connectivity index is 2.61. The second-order valence-corrected chi connectivity index (χ2v) is 3.62. The van der Waals surface area contributed by atoms with E-state index in [0.29, 0.717) is 11.3 Å². The van der Waals surface area contributed by atoms with Crippen LogP contribution in [-0.2, 0) is 7.05 Å². The molecular formula is C11H12N4O4. The van der Waals surface area contributed by atoms with Crippen LogP contribution >= 0.6 is 0 Å². The predicted octanol–water partition coefficient (Wildman–Crippen LogP) is 0.593. The zero-order chi connectivity index (χ0) is 14.0. The minimum Gasteiger partial charge on any atom is -0.481 e. The molecule has 0 bridgehead atoms. The fourth-order valence-corrected chi connectivity index (χ4v) is 1.62. The molecular weight excluding hydrogens is 252 g/mol. The summed E-state index contributed by atoms with van der Waals surface area (Å²) < 4.78 is 11.2. The number of carboxylic acids is 1. The van der Waals surface area contributed by atoms with E-state index in [2.05, 4.69) is 15.1 Å². The largest absolute Gasteiger partial charge is 0.481 e. The average molecular weight is 264 g/mol. The van der Waals surface area contributed by atoms with Gasteiger partial charge in [-0.1, -0.05) is 0 Å². The van der Waals surface area contributed by atoms with Gasteiger partial charge >= 0.3 is 12.0 Å². The number of carbonyl (C=O) groups is 1. The van der Waals surface area contributed by atoms with Crippen LogP contribution in [-0.4, -0.2) is 45.0 Å². The van der Waals surface area contributed by atoms with Crippen molar-refractivity contribution in [3.05, 3.63) is 18.0 Å². The molecule has 2 aromatic rings. The summed E-state index contributed by atoms with van der Waals surface area (Å²) in [4.78, 5) is 19.3. The monoisotopic (exact) mass is 264 g/mol. The van der Waals surface area contributed by atoms with Crippen LogP contribution in [0.4, 0.5) is 0 Å². The van der Waals surface area contributed by atoms with E-state index in [-0.39, 0.29) is 17.6 Å². The van der Waals surface area contributed by atoms with Crippen LogP contribution in [0.15, 0.2) is 12.3 Å². The summed E-state index contributed by atoms with van der Waals surface area (Å²) in [5.74, 6) is -0.811. The molecule has 0 unspecified atom stereocenters. The van der Waals surface area contributed by atoms with E-state index >= 15 is 0 Å². The molecule has 0 atom stereocenters. The molecule has 0 radical (unpaired) electrons. The van der Waals surface area contributed by atoms with Crippen LogP contribution in [0.3, 0.4) is 0 Å². The third kappa shape index (κ3) is 2.32. The van der Waals surface area contributed by atoms with E-state index in [0.717, 1.165) is 0 Å². The van der Waals surface area contributed by atoms with E-state index in [4.69, 9.17) is 9.47 Å². The van der Waals surface area contributed by atoms with Gasteiger partial charge < -0.3 is 14.6 Å². The number of rotatable bonds is 4. The molecule has 0 saturated carbocycles. The lowest BCUT2D eigenvalue weighted by Gasteiger charge is -2.06. The molecule has 2 rings (SSSR count). The summed E-state index contributed by atoms with van der Waals surface area (Å²) in [5, 5.41) is 13.1.